The molecule has 0 amide bonds. The molecule has 25 heavy (non-hydrogen) atoms. The van der Waals surface area contributed by atoms with Gasteiger partial charge in [-0.25, -0.2) is 0 Å². The number of aromatic nitrogens is 1. The molecule has 126 valence electrons. The molecule has 0 radical (unpaired) electrons. The zero-order chi connectivity index (χ0) is 17.1. The van der Waals surface area contributed by atoms with E-state index in [0.717, 1.165) is 11.3 Å². The lowest BCUT2D eigenvalue weighted by molar-refractivity contribution is -0.646. The van der Waals surface area contributed by atoms with Crippen molar-refractivity contribution in [2.75, 3.05) is 19.0 Å². The van der Waals surface area contributed by atoms with Crippen molar-refractivity contribution in [3.8, 4) is 6.07 Å². The van der Waals surface area contributed by atoms with Gasteiger partial charge >= 0.3 is 0 Å². The summed E-state index contributed by atoms with van der Waals surface area (Å²) in [5.74, 6) is 0. The molecule has 3 rings (SSSR count). The molecule has 0 aliphatic carbocycles. The van der Waals surface area contributed by atoms with E-state index < -0.39 is 0 Å². The van der Waals surface area contributed by atoms with Gasteiger partial charge in [-0.3, -0.25) is 0 Å². The van der Waals surface area contributed by atoms with Crippen LogP contribution in [0.1, 0.15) is 16.8 Å². The molecule has 4 heteroatoms. The van der Waals surface area contributed by atoms with Crippen LogP contribution in [0.25, 0.3) is 23.1 Å². The van der Waals surface area contributed by atoms with Gasteiger partial charge in [0.1, 0.15) is 7.05 Å². The van der Waals surface area contributed by atoms with Crippen LogP contribution >= 0.6 is 0 Å². The van der Waals surface area contributed by atoms with Gasteiger partial charge in [-0.05, 0) is 42.0 Å². The summed E-state index contributed by atoms with van der Waals surface area (Å²) in [5, 5.41) is 10.1. The van der Waals surface area contributed by atoms with Gasteiger partial charge < -0.3 is 28.9 Å². The molecule has 0 aliphatic heterocycles. The van der Waals surface area contributed by atoms with Crippen molar-refractivity contribution in [1.82, 2.24) is 0 Å². The molecule has 0 atom stereocenters. The number of fused-ring (bicyclic) bond motifs is 1. The molecule has 0 saturated carbocycles. The van der Waals surface area contributed by atoms with E-state index in [4.69, 9.17) is 5.26 Å². The van der Waals surface area contributed by atoms with E-state index in [1.165, 1.54) is 16.6 Å². The first-order chi connectivity index (χ1) is 11.6. The summed E-state index contributed by atoms with van der Waals surface area (Å²) < 4.78 is 2.19. The van der Waals surface area contributed by atoms with E-state index in [1.54, 1.807) is 0 Å². The van der Waals surface area contributed by atoms with Crippen LogP contribution in [0.15, 0.2) is 54.6 Å². The maximum absolute atomic E-state index is 8.85. The van der Waals surface area contributed by atoms with Crippen molar-refractivity contribution in [2.45, 2.75) is 0 Å². The number of nitrogens with zero attached hydrogens (tertiary/aromatic N) is 3. The fourth-order valence-electron chi connectivity index (χ4n) is 2.70. The quantitative estimate of drug-likeness (QED) is 0.445. The number of rotatable bonds is 3. The van der Waals surface area contributed by atoms with Gasteiger partial charge in [0.25, 0.3) is 0 Å². The first-order valence-electron chi connectivity index (χ1n) is 7.87. The molecule has 1 heterocycles. The maximum atomic E-state index is 8.85. The maximum Gasteiger partial charge on any atom is 0.212 e. The Morgan fingerprint density at radius 3 is 2.32 bits per heavy atom. The number of pyridine rings is 1. The van der Waals surface area contributed by atoms with E-state index in [9.17, 15) is 0 Å². The highest BCUT2D eigenvalue weighted by Gasteiger charge is 2.10. The van der Waals surface area contributed by atoms with Crippen molar-refractivity contribution in [3.63, 3.8) is 0 Å². The smallest absolute Gasteiger partial charge is 0.212 e. The molecule has 0 unspecified atom stereocenters. The van der Waals surface area contributed by atoms with Crippen LogP contribution in [0.4, 0.5) is 5.69 Å². The first kappa shape index (κ1) is 18.9. The minimum Gasteiger partial charge on any atom is -1.00 e. The van der Waals surface area contributed by atoms with Crippen molar-refractivity contribution in [2.24, 2.45) is 7.05 Å². The fourth-order valence-corrected chi connectivity index (χ4v) is 2.70. The summed E-state index contributed by atoms with van der Waals surface area (Å²) in [4.78, 5) is 2.11. The number of halogens is 1. The molecular formula is C21H20IN3. The molecule has 0 saturated heterocycles. The average Bonchev–Trinajstić information content (AvgIpc) is 2.61. The summed E-state index contributed by atoms with van der Waals surface area (Å²) in [6.07, 6.45) is 4.16. The largest absolute Gasteiger partial charge is 1.00 e. The highest BCUT2D eigenvalue weighted by molar-refractivity contribution is 5.81. The Hall–Kier alpha value is -2.39. The van der Waals surface area contributed by atoms with Gasteiger partial charge in [0.15, 0.2) is 0 Å². The summed E-state index contributed by atoms with van der Waals surface area (Å²) in [7, 11) is 6.18. The second-order valence-corrected chi connectivity index (χ2v) is 6.02. The third-order valence-corrected chi connectivity index (χ3v) is 4.20. The third-order valence-electron chi connectivity index (χ3n) is 4.20. The molecule has 3 nitrogen and oxygen atoms in total. The van der Waals surface area contributed by atoms with Crippen molar-refractivity contribution < 1.29 is 28.5 Å². The van der Waals surface area contributed by atoms with Gasteiger partial charge in [0, 0.05) is 43.4 Å². The molecule has 0 N–H and O–H groups in total. The van der Waals surface area contributed by atoms with E-state index in [2.05, 4.69) is 79.2 Å². The van der Waals surface area contributed by atoms with Crippen LogP contribution in [0.2, 0.25) is 0 Å². The Bertz CT molecular complexity index is 951. The standard InChI is InChI=1S/C21H20N3.HI/c1-23(2)20-12-13-21-18(14-20)9-11-19(24(21)3)10-8-16-4-6-17(15-22)7-5-16;/h4-14H,1-3H3;1H/q+1;/p-1/b10-8+;. The zero-order valence-electron chi connectivity index (χ0n) is 14.6. The number of hydrogen-bond acceptors (Lipinski definition) is 2. The molecule has 0 fully saturated rings. The second kappa shape index (κ2) is 8.13. The Morgan fingerprint density at radius 1 is 0.960 bits per heavy atom. The third kappa shape index (κ3) is 4.18. The molecule has 2 aromatic carbocycles. The van der Waals surface area contributed by atoms with Crippen molar-refractivity contribution in [1.29, 1.82) is 5.26 Å². The second-order valence-electron chi connectivity index (χ2n) is 6.02. The van der Waals surface area contributed by atoms with E-state index >= 15 is 0 Å². The average molecular weight is 441 g/mol. The minimum absolute atomic E-state index is 0. The number of nitriles is 1. The van der Waals surface area contributed by atoms with Crippen LogP contribution in [0.5, 0.6) is 0 Å². The number of aryl methyl sites for hydroxylation is 1. The lowest BCUT2D eigenvalue weighted by Gasteiger charge is -2.12. The first-order valence-corrected chi connectivity index (χ1v) is 7.87. The van der Waals surface area contributed by atoms with Gasteiger partial charge in [0.2, 0.25) is 11.2 Å². The van der Waals surface area contributed by atoms with Gasteiger partial charge in [-0.1, -0.05) is 12.1 Å². The van der Waals surface area contributed by atoms with E-state index in [0.29, 0.717) is 5.56 Å². The van der Waals surface area contributed by atoms with Crippen LogP contribution in [-0.4, -0.2) is 14.1 Å². The van der Waals surface area contributed by atoms with Gasteiger partial charge in [0.05, 0.1) is 11.6 Å². The Morgan fingerprint density at radius 2 is 1.68 bits per heavy atom. The van der Waals surface area contributed by atoms with E-state index in [1.807, 2.05) is 24.3 Å². The predicted molar refractivity (Wildman–Crippen MR) is 99.5 cm³/mol. The summed E-state index contributed by atoms with van der Waals surface area (Å²) in [6, 6.07) is 20.5. The summed E-state index contributed by atoms with van der Waals surface area (Å²) in [5.41, 5.74) is 5.28. The Labute approximate surface area is 165 Å². The van der Waals surface area contributed by atoms with Crippen LogP contribution < -0.4 is 33.4 Å². The number of anilines is 1. The van der Waals surface area contributed by atoms with E-state index in [-0.39, 0.29) is 24.0 Å². The topological polar surface area (TPSA) is 30.9 Å². The summed E-state index contributed by atoms with van der Waals surface area (Å²) >= 11 is 0. The van der Waals surface area contributed by atoms with Crippen LogP contribution in [0, 0.1) is 11.3 Å². The van der Waals surface area contributed by atoms with Crippen LogP contribution in [-0.2, 0) is 7.05 Å². The normalized spacial score (nSPS) is 10.5. The monoisotopic (exact) mass is 441 g/mol. The zero-order valence-corrected chi connectivity index (χ0v) is 16.7. The Balaban J connectivity index is 0.00000225. The number of hydrogen-bond donors (Lipinski definition) is 0. The SMILES string of the molecule is CN(C)c1ccc2c(ccc(/C=C/c3ccc(C#N)cc3)[n+]2C)c1.[I-]. The Kier molecular flexibility index (Phi) is 6.16. The number of benzene rings is 2. The van der Waals surface area contributed by atoms with Crippen molar-refractivity contribution in [3.05, 3.63) is 71.4 Å². The van der Waals surface area contributed by atoms with Gasteiger partial charge in [-0.15, -0.1) is 0 Å². The highest BCUT2D eigenvalue weighted by atomic mass is 127. The minimum atomic E-state index is 0. The van der Waals surface area contributed by atoms with Crippen LogP contribution in [0.3, 0.4) is 0 Å². The molecular weight excluding hydrogens is 421 g/mol. The lowest BCUT2D eigenvalue weighted by Crippen LogP contribution is -3.00. The highest BCUT2D eigenvalue weighted by Crippen LogP contribution is 2.19. The fraction of sp³-hybridized carbons (Fsp3) is 0.143. The molecule has 3 aromatic rings. The predicted octanol–water partition coefficient (Wildman–Crippen LogP) is 0.776. The van der Waals surface area contributed by atoms with Crippen molar-refractivity contribution >= 4 is 28.7 Å². The molecule has 0 spiro atoms. The molecule has 0 bridgehead atoms. The molecule has 1 aromatic heterocycles. The van der Waals surface area contributed by atoms with Gasteiger partial charge in [-0.2, -0.15) is 9.83 Å². The summed E-state index contributed by atoms with van der Waals surface area (Å²) in [6.45, 7) is 0. The lowest BCUT2D eigenvalue weighted by atomic mass is 10.1. The molecule has 0 aliphatic rings.